The van der Waals surface area contributed by atoms with E-state index in [9.17, 15) is 23.3 Å². The van der Waals surface area contributed by atoms with Crippen LogP contribution in [0.2, 0.25) is 0 Å². The van der Waals surface area contributed by atoms with Crippen molar-refractivity contribution in [1.29, 1.82) is 0 Å². The number of piperidine rings is 1. The van der Waals surface area contributed by atoms with Crippen molar-refractivity contribution in [3.63, 3.8) is 0 Å². The van der Waals surface area contributed by atoms with Crippen LogP contribution < -0.4 is 19.7 Å². The van der Waals surface area contributed by atoms with Gasteiger partial charge in [0.05, 0.1) is 21.6 Å². The molecule has 1 spiro atoms. The fourth-order valence-corrected chi connectivity index (χ4v) is 11.5. The number of carbonyl (C=O) groups is 1. The number of aromatic amines is 1. The molecule has 1 amide bonds. The molecule has 1 saturated carbocycles. The summed E-state index contributed by atoms with van der Waals surface area (Å²) in [6.07, 6.45) is 15.3. The molecule has 14 heteroatoms. The summed E-state index contributed by atoms with van der Waals surface area (Å²) >= 11 is 0. The van der Waals surface area contributed by atoms with Crippen molar-refractivity contribution < 1.29 is 22.9 Å². The Kier molecular flexibility index (Phi) is 11.8. The summed E-state index contributed by atoms with van der Waals surface area (Å²) in [6.45, 7) is 10.1. The number of hydrogen-bond donors (Lipinski definition) is 3. The van der Waals surface area contributed by atoms with Gasteiger partial charge in [0.15, 0.2) is 0 Å². The van der Waals surface area contributed by atoms with Crippen LogP contribution in [0, 0.1) is 21.4 Å². The lowest BCUT2D eigenvalue weighted by Gasteiger charge is -2.56. The monoisotopic (exact) mass is 871 g/mol. The molecule has 9 rings (SSSR count). The Morgan fingerprint density at radius 1 is 1.03 bits per heavy atom. The number of nitro benzene ring substituents is 1. The minimum Gasteiger partial charge on any atom is -0.455 e. The van der Waals surface area contributed by atoms with Gasteiger partial charge in [-0.2, -0.15) is 0 Å². The van der Waals surface area contributed by atoms with Crippen molar-refractivity contribution >= 4 is 44.0 Å². The Morgan fingerprint density at radius 2 is 1.84 bits per heavy atom. The molecule has 3 fully saturated rings. The summed E-state index contributed by atoms with van der Waals surface area (Å²) in [5.74, 6) is 0.434. The zero-order valence-electron chi connectivity index (χ0n) is 36.3. The molecule has 2 aliphatic heterocycles. The Balaban J connectivity index is 0.901. The van der Waals surface area contributed by atoms with Crippen LogP contribution in [0.3, 0.4) is 0 Å². The number of amides is 1. The van der Waals surface area contributed by atoms with Crippen molar-refractivity contribution in [1.82, 2.24) is 19.6 Å². The standard InChI is InChI=1S/C49H57N7O6S/c1-32(2)40-7-4-5-8-41(40)44-9-6-22-55(44)37-28-49(29-37)19-23-54(24-20-49)36-14-16-42(46(26-36)62-38-25-35-18-21-50-47(35)52-31-38)48(57)53-63(60,61)39-15-17-43(45(27-39)56(58)59)51-30-34-12-10-33(3)11-13-34/h4-5,7-8,10,14-18,21,25-27,31-32,34,37,44,51H,6,9,11-13,19-20,22-24,28-30H2,1-3H3,(H,50,52)(H,53,57)/t34-,44+/m1/s1. The first-order valence-corrected chi connectivity index (χ1v) is 23.9. The fraction of sp³-hybridized carbons (Fsp3) is 0.429. The second-order valence-corrected chi connectivity index (χ2v) is 20.2. The average molecular weight is 872 g/mol. The number of rotatable bonds is 13. The van der Waals surface area contributed by atoms with E-state index in [1.54, 1.807) is 30.6 Å². The molecule has 2 atom stereocenters. The van der Waals surface area contributed by atoms with E-state index in [1.807, 2.05) is 12.1 Å². The molecule has 5 aromatic rings. The number of nitrogens with zero attached hydrogens (tertiary/aromatic N) is 4. The third kappa shape index (κ3) is 8.92. The molecular formula is C49H57N7O6S. The van der Waals surface area contributed by atoms with E-state index >= 15 is 0 Å². The maximum atomic E-state index is 14.0. The number of fused-ring (bicyclic) bond motifs is 1. The number of benzene rings is 3. The van der Waals surface area contributed by atoms with Crippen LogP contribution in [-0.2, 0) is 10.0 Å². The molecule has 2 aromatic heterocycles. The van der Waals surface area contributed by atoms with Gasteiger partial charge in [-0.1, -0.05) is 49.8 Å². The predicted molar refractivity (Wildman–Crippen MR) is 246 cm³/mol. The highest BCUT2D eigenvalue weighted by Gasteiger charge is 2.50. The number of nitrogens with one attached hydrogen (secondary N) is 3. The van der Waals surface area contributed by atoms with Gasteiger partial charge >= 0.3 is 0 Å². The van der Waals surface area contributed by atoms with E-state index in [1.165, 1.54) is 54.5 Å². The molecule has 2 saturated heterocycles. The number of likely N-dealkylation sites (tertiary alicyclic amines) is 1. The first-order valence-electron chi connectivity index (χ1n) is 22.4. The van der Waals surface area contributed by atoms with E-state index in [4.69, 9.17) is 4.74 Å². The molecule has 2 aliphatic carbocycles. The number of carbonyl (C=O) groups excluding carboxylic acids is 1. The number of anilines is 2. The summed E-state index contributed by atoms with van der Waals surface area (Å²) in [7, 11) is -4.53. The maximum absolute atomic E-state index is 14.0. The molecule has 0 unspecified atom stereocenters. The summed E-state index contributed by atoms with van der Waals surface area (Å²) in [5, 5.41) is 16.1. The number of allylic oxidation sites excluding steroid dienone is 2. The van der Waals surface area contributed by atoms with Crippen LogP contribution >= 0.6 is 0 Å². The molecule has 13 nitrogen and oxygen atoms in total. The van der Waals surface area contributed by atoms with E-state index in [0.29, 0.717) is 47.3 Å². The van der Waals surface area contributed by atoms with Gasteiger partial charge in [0.1, 0.15) is 22.8 Å². The van der Waals surface area contributed by atoms with Gasteiger partial charge in [-0.3, -0.25) is 19.8 Å². The summed E-state index contributed by atoms with van der Waals surface area (Å²) < 4.78 is 36.0. The molecule has 0 radical (unpaired) electrons. The van der Waals surface area contributed by atoms with E-state index < -0.39 is 25.7 Å². The molecule has 330 valence electrons. The second kappa shape index (κ2) is 17.4. The van der Waals surface area contributed by atoms with Crippen LogP contribution in [0.1, 0.15) is 112 Å². The largest absolute Gasteiger partial charge is 0.455 e. The lowest BCUT2D eigenvalue weighted by molar-refractivity contribution is -0.384. The molecule has 3 aromatic carbocycles. The van der Waals surface area contributed by atoms with E-state index in [2.05, 4.69) is 80.9 Å². The van der Waals surface area contributed by atoms with Gasteiger partial charge in [-0.05, 0) is 136 Å². The number of H-pyrrole nitrogens is 1. The summed E-state index contributed by atoms with van der Waals surface area (Å²) in [5.41, 5.74) is 6.00. The van der Waals surface area contributed by atoms with Gasteiger partial charge < -0.3 is 19.9 Å². The maximum Gasteiger partial charge on any atom is 0.293 e. The number of sulfonamides is 1. The predicted octanol–water partition coefficient (Wildman–Crippen LogP) is 10.2. The second-order valence-electron chi connectivity index (χ2n) is 18.5. The molecular weight excluding hydrogens is 815 g/mol. The smallest absolute Gasteiger partial charge is 0.293 e. The van der Waals surface area contributed by atoms with Crippen LogP contribution in [-0.4, -0.2) is 66.3 Å². The number of aromatic nitrogens is 2. The van der Waals surface area contributed by atoms with Gasteiger partial charge in [0.25, 0.3) is 21.6 Å². The third-order valence-corrected chi connectivity index (χ3v) is 15.4. The zero-order valence-corrected chi connectivity index (χ0v) is 37.1. The van der Waals surface area contributed by atoms with Crippen molar-refractivity contribution in [2.45, 2.75) is 101 Å². The molecule has 4 heterocycles. The van der Waals surface area contributed by atoms with Gasteiger partial charge in [0, 0.05) is 61.1 Å². The van der Waals surface area contributed by atoms with Crippen molar-refractivity contribution in [3.05, 3.63) is 124 Å². The number of nitro groups is 1. The lowest BCUT2D eigenvalue weighted by Crippen LogP contribution is -2.54. The van der Waals surface area contributed by atoms with Crippen molar-refractivity contribution in [2.24, 2.45) is 11.3 Å². The Labute approximate surface area is 369 Å². The molecule has 4 aliphatic rings. The first kappa shape index (κ1) is 42.6. The fourth-order valence-electron chi connectivity index (χ4n) is 10.5. The summed E-state index contributed by atoms with van der Waals surface area (Å²) in [4.78, 5) is 37.7. The quantitative estimate of drug-likeness (QED) is 0.0590. The minimum absolute atomic E-state index is 0.00410. The van der Waals surface area contributed by atoms with Gasteiger partial charge in [0.2, 0.25) is 0 Å². The van der Waals surface area contributed by atoms with Crippen LogP contribution in [0.4, 0.5) is 17.1 Å². The minimum atomic E-state index is -4.53. The lowest BCUT2D eigenvalue weighted by atomic mass is 9.59. The number of pyridine rings is 1. The Morgan fingerprint density at radius 3 is 2.60 bits per heavy atom. The molecule has 0 bridgehead atoms. The Bertz CT molecular complexity index is 2660. The van der Waals surface area contributed by atoms with Crippen LogP contribution in [0.25, 0.3) is 11.0 Å². The Hall–Kier alpha value is -5.73. The number of hydrogen-bond acceptors (Lipinski definition) is 10. The summed E-state index contributed by atoms with van der Waals surface area (Å²) in [6, 6.07) is 22.6. The highest BCUT2D eigenvalue weighted by atomic mass is 32.2. The molecule has 63 heavy (non-hydrogen) atoms. The van der Waals surface area contributed by atoms with Crippen LogP contribution in [0.15, 0.2) is 102 Å². The highest BCUT2D eigenvalue weighted by Crippen LogP contribution is 2.54. The average Bonchev–Trinajstić information content (AvgIpc) is 3.95. The first-order chi connectivity index (χ1) is 30.3. The van der Waals surface area contributed by atoms with Crippen LogP contribution in [0.5, 0.6) is 11.5 Å². The van der Waals surface area contributed by atoms with Gasteiger partial charge in [-0.25, -0.2) is 18.1 Å². The molecule has 3 N–H and O–H groups in total. The SMILES string of the molecule is CC1=CC[C@@H](CNc2ccc(S(=O)(=O)NC(=O)c3ccc(N4CCC5(CC4)CC(N4CCC[C@H]4c4ccccc4C(C)C)C5)cc3Oc3cnc4[nH]ccc4c3)cc2[N+](=O)[O-])CC1. The third-order valence-electron chi connectivity index (χ3n) is 14.1. The van der Waals surface area contributed by atoms with Crippen molar-refractivity contribution in [2.75, 3.05) is 36.4 Å². The zero-order chi connectivity index (χ0) is 43.9. The number of ether oxygens (including phenoxy) is 1. The van der Waals surface area contributed by atoms with Gasteiger partial charge in [-0.15, -0.1) is 0 Å². The highest BCUT2D eigenvalue weighted by molar-refractivity contribution is 7.90. The van der Waals surface area contributed by atoms with E-state index in [-0.39, 0.29) is 22.7 Å². The van der Waals surface area contributed by atoms with E-state index in [0.717, 1.165) is 68.9 Å². The normalized spacial score (nSPS) is 20.4. The van der Waals surface area contributed by atoms with Crippen molar-refractivity contribution in [3.8, 4) is 11.5 Å². The topological polar surface area (TPSA) is 163 Å².